The first-order valence-electron chi connectivity index (χ1n) is 7.65. The van der Waals surface area contributed by atoms with E-state index in [0.717, 1.165) is 22.4 Å². The number of hydrogen-bond acceptors (Lipinski definition) is 3. The third kappa shape index (κ3) is 4.16. The van der Waals surface area contributed by atoms with E-state index in [0.29, 0.717) is 6.54 Å². The minimum absolute atomic E-state index is 0.126. The Labute approximate surface area is 140 Å². The Morgan fingerprint density at radius 2 is 2.08 bits per heavy atom. The zero-order valence-corrected chi connectivity index (χ0v) is 13.4. The second-order valence-electron chi connectivity index (χ2n) is 5.41. The van der Waals surface area contributed by atoms with Gasteiger partial charge in [-0.3, -0.25) is 14.5 Å². The molecule has 1 N–H and O–H groups in total. The molecule has 0 fully saturated rings. The minimum atomic E-state index is -0.126. The van der Waals surface area contributed by atoms with E-state index in [9.17, 15) is 4.79 Å². The van der Waals surface area contributed by atoms with Gasteiger partial charge in [0.15, 0.2) is 0 Å². The largest absolute Gasteiger partial charge is 0.348 e. The Kier molecular flexibility index (Phi) is 4.81. The second-order valence-corrected chi connectivity index (χ2v) is 5.41. The van der Waals surface area contributed by atoms with E-state index in [1.807, 2.05) is 55.7 Å². The lowest BCUT2D eigenvalue weighted by Crippen LogP contribution is -2.20. The molecular weight excluding hydrogens is 300 g/mol. The van der Waals surface area contributed by atoms with Crippen molar-refractivity contribution in [3.63, 3.8) is 0 Å². The first-order chi connectivity index (χ1) is 11.7. The summed E-state index contributed by atoms with van der Waals surface area (Å²) >= 11 is 0. The number of nitrogens with zero attached hydrogens (tertiary/aromatic N) is 3. The standard InChI is InChI=1S/C19H18N4O/c1-23-14-17(13-22-23)18-11-16(9-10-20-18)12-21-19(24)8-7-15-5-3-2-4-6-15/h2-11,13-14H,12H2,1H3,(H,21,24)/b8-7+. The molecule has 24 heavy (non-hydrogen) atoms. The molecular formula is C19H18N4O. The average Bonchev–Trinajstić information content (AvgIpc) is 3.06. The molecule has 2 aromatic heterocycles. The molecule has 1 aromatic carbocycles. The van der Waals surface area contributed by atoms with E-state index in [-0.39, 0.29) is 5.91 Å². The molecule has 0 aliphatic carbocycles. The molecule has 120 valence electrons. The van der Waals surface area contributed by atoms with Gasteiger partial charge in [-0.15, -0.1) is 0 Å². The maximum Gasteiger partial charge on any atom is 0.244 e. The zero-order chi connectivity index (χ0) is 16.8. The van der Waals surface area contributed by atoms with Crippen molar-refractivity contribution in [3.8, 4) is 11.3 Å². The minimum Gasteiger partial charge on any atom is -0.348 e. The molecule has 0 unspecified atom stereocenters. The smallest absolute Gasteiger partial charge is 0.244 e. The van der Waals surface area contributed by atoms with Crippen LogP contribution in [-0.4, -0.2) is 20.7 Å². The van der Waals surface area contributed by atoms with Crippen molar-refractivity contribution >= 4 is 12.0 Å². The van der Waals surface area contributed by atoms with Crippen LogP contribution < -0.4 is 5.32 Å². The van der Waals surface area contributed by atoms with Crippen molar-refractivity contribution < 1.29 is 4.79 Å². The Bertz CT molecular complexity index is 853. The Hall–Kier alpha value is -3.21. The van der Waals surface area contributed by atoms with Gasteiger partial charge in [-0.05, 0) is 29.3 Å². The summed E-state index contributed by atoms with van der Waals surface area (Å²) in [7, 11) is 1.87. The molecule has 0 radical (unpaired) electrons. The maximum absolute atomic E-state index is 11.9. The number of nitrogens with one attached hydrogen (secondary N) is 1. The van der Waals surface area contributed by atoms with Gasteiger partial charge in [0, 0.05) is 37.6 Å². The lowest BCUT2D eigenvalue weighted by molar-refractivity contribution is -0.116. The normalized spacial score (nSPS) is 10.9. The molecule has 3 aromatic rings. The summed E-state index contributed by atoms with van der Waals surface area (Å²) in [6, 6.07) is 13.6. The second kappa shape index (κ2) is 7.37. The van der Waals surface area contributed by atoms with Gasteiger partial charge in [-0.1, -0.05) is 30.3 Å². The Balaban J connectivity index is 1.60. The summed E-state index contributed by atoms with van der Waals surface area (Å²) in [4.78, 5) is 16.3. The molecule has 5 heteroatoms. The maximum atomic E-state index is 11.9. The van der Waals surface area contributed by atoms with Crippen LogP contribution in [0.15, 0.2) is 67.1 Å². The van der Waals surface area contributed by atoms with Gasteiger partial charge in [0.25, 0.3) is 0 Å². The van der Waals surface area contributed by atoms with Crippen LogP contribution in [0.25, 0.3) is 17.3 Å². The number of aromatic nitrogens is 3. The summed E-state index contributed by atoms with van der Waals surface area (Å²) in [5, 5.41) is 7.03. The van der Waals surface area contributed by atoms with Gasteiger partial charge in [-0.2, -0.15) is 5.10 Å². The predicted octanol–water partition coefficient (Wildman–Crippen LogP) is 2.81. The van der Waals surface area contributed by atoms with Crippen LogP contribution >= 0.6 is 0 Å². The molecule has 5 nitrogen and oxygen atoms in total. The molecule has 2 heterocycles. The van der Waals surface area contributed by atoms with Gasteiger partial charge in [0.05, 0.1) is 11.9 Å². The van der Waals surface area contributed by atoms with Crippen LogP contribution in [-0.2, 0) is 18.4 Å². The molecule has 0 atom stereocenters. The number of aryl methyl sites for hydroxylation is 1. The van der Waals surface area contributed by atoms with Crippen LogP contribution in [0.3, 0.4) is 0 Å². The van der Waals surface area contributed by atoms with E-state index in [1.165, 1.54) is 0 Å². The quantitative estimate of drug-likeness (QED) is 0.736. The van der Waals surface area contributed by atoms with E-state index >= 15 is 0 Å². The van der Waals surface area contributed by atoms with E-state index < -0.39 is 0 Å². The van der Waals surface area contributed by atoms with E-state index in [4.69, 9.17) is 0 Å². The summed E-state index contributed by atoms with van der Waals surface area (Å²) in [5.74, 6) is -0.126. The third-order valence-electron chi connectivity index (χ3n) is 3.52. The van der Waals surface area contributed by atoms with Gasteiger partial charge in [-0.25, -0.2) is 0 Å². The molecule has 0 saturated heterocycles. The lowest BCUT2D eigenvalue weighted by Gasteiger charge is -2.04. The lowest BCUT2D eigenvalue weighted by atomic mass is 10.1. The third-order valence-corrected chi connectivity index (χ3v) is 3.52. The number of benzene rings is 1. The molecule has 1 amide bonds. The molecule has 0 aliphatic rings. The number of pyridine rings is 1. The van der Waals surface area contributed by atoms with E-state index in [2.05, 4.69) is 15.4 Å². The summed E-state index contributed by atoms with van der Waals surface area (Å²) < 4.78 is 1.74. The molecule has 0 bridgehead atoms. The highest BCUT2D eigenvalue weighted by atomic mass is 16.1. The number of rotatable bonds is 5. The van der Waals surface area contributed by atoms with Crippen LogP contribution in [0, 0.1) is 0 Å². The van der Waals surface area contributed by atoms with Gasteiger partial charge >= 0.3 is 0 Å². The fourth-order valence-electron chi connectivity index (χ4n) is 2.28. The van der Waals surface area contributed by atoms with Crippen molar-refractivity contribution in [3.05, 3.63) is 78.3 Å². The van der Waals surface area contributed by atoms with Crippen molar-refractivity contribution in [2.24, 2.45) is 7.05 Å². The number of hydrogen-bond donors (Lipinski definition) is 1. The number of carbonyl (C=O) groups is 1. The fraction of sp³-hybridized carbons (Fsp3) is 0.105. The van der Waals surface area contributed by atoms with Gasteiger partial charge < -0.3 is 5.32 Å². The molecule has 0 spiro atoms. The predicted molar refractivity (Wildman–Crippen MR) is 93.8 cm³/mol. The Morgan fingerprint density at radius 1 is 1.25 bits per heavy atom. The van der Waals surface area contributed by atoms with Gasteiger partial charge in [0.1, 0.15) is 0 Å². The number of carbonyl (C=O) groups excluding carboxylic acids is 1. The first-order valence-corrected chi connectivity index (χ1v) is 7.65. The molecule has 0 aliphatic heterocycles. The van der Waals surface area contributed by atoms with E-state index in [1.54, 1.807) is 29.2 Å². The van der Waals surface area contributed by atoms with Gasteiger partial charge in [0.2, 0.25) is 5.91 Å². The fourth-order valence-corrected chi connectivity index (χ4v) is 2.28. The van der Waals surface area contributed by atoms with Crippen LogP contribution in [0.2, 0.25) is 0 Å². The van der Waals surface area contributed by atoms with Crippen molar-refractivity contribution in [1.29, 1.82) is 0 Å². The SMILES string of the molecule is Cn1cc(-c2cc(CNC(=O)/C=C/c3ccccc3)ccn2)cn1. The highest BCUT2D eigenvalue weighted by molar-refractivity contribution is 5.91. The monoisotopic (exact) mass is 318 g/mol. The highest BCUT2D eigenvalue weighted by Crippen LogP contribution is 2.16. The topological polar surface area (TPSA) is 59.8 Å². The summed E-state index contributed by atoms with van der Waals surface area (Å²) in [5.41, 5.74) is 3.78. The number of amides is 1. The van der Waals surface area contributed by atoms with Crippen molar-refractivity contribution in [1.82, 2.24) is 20.1 Å². The van der Waals surface area contributed by atoms with Crippen molar-refractivity contribution in [2.45, 2.75) is 6.54 Å². The molecule has 0 saturated carbocycles. The van der Waals surface area contributed by atoms with Crippen molar-refractivity contribution in [2.75, 3.05) is 0 Å². The van der Waals surface area contributed by atoms with Crippen LogP contribution in [0.1, 0.15) is 11.1 Å². The molecule has 3 rings (SSSR count). The van der Waals surface area contributed by atoms with Crippen LogP contribution in [0.4, 0.5) is 0 Å². The zero-order valence-electron chi connectivity index (χ0n) is 13.4. The first kappa shape index (κ1) is 15.7. The summed E-state index contributed by atoms with van der Waals surface area (Å²) in [6.07, 6.45) is 8.76. The summed E-state index contributed by atoms with van der Waals surface area (Å²) in [6.45, 7) is 0.452. The van der Waals surface area contributed by atoms with Crippen LogP contribution in [0.5, 0.6) is 0 Å². The highest BCUT2D eigenvalue weighted by Gasteiger charge is 2.04. The average molecular weight is 318 g/mol. The Morgan fingerprint density at radius 3 is 2.83 bits per heavy atom.